The van der Waals surface area contributed by atoms with Gasteiger partial charge in [0.1, 0.15) is 6.54 Å². The second kappa shape index (κ2) is 7.61. The van der Waals surface area contributed by atoms with Crippen molar-refractivity contribution in [3.05, 3.63) is 34.5 Å². The zero-order valence-corrected chi connectivity index (χ0v) is 16.2. The number of likely N-dealkylation sites (N-methyl/N-ethyl adjacent to an activating group) is 1. The smallest absolute Gasteiger partial charge is 0.325 e. The molecular formula is C21H27ClN2O2. The van der Waals surface area contributed by atoms with Gasteiger partial charge in [-0.1, -0.05) is 30.9 Å². The molecule has 0 unspecified atom stereocenters. The van der Waals surface area contributed by atoms with Crippen LogP contribution in [0.15, 0.2) is 18.2 Å². The zero-order chi connectivity index (χ0) is 18.1. The van der Waals surface area contributed by atoms with Crippen LogP contribution >= 0.6 is 11.6 Å². The van der Waals surface area contributed by atoms with Crippen molar-refractivity contribution in [3.63, 3.8) is 0 Å². The molecule has 4 nitrogen and oxygen atoms in total. The van der Waals surface area contributed by atoms with Gasteiger partial charge in [0.15, 0.2) is 0 Å². The van der Waals surface area contributed by atoms with Crippen LogP contribution in [0.1, 0.15) is 43.4 Å². The predicted octanol–water partition coefficient (Wildman–Crippen LogP) is 4.41. The van der Waals surface area contributed by atoms with Crippen molar-refractivity contribution in [3.8, 4) is 0 Å². The van der Waals surface area contributed by atoms with E-state index in [9.17, 15) is 4.79 Å². The number of rotatable bonds is 4. The molecule has 0 spiro atoms. The van der Waals surface area contributed by atoms with Crippen molar-refractivity contribution in [1.82, 2.24) is 9.47 Å². The van der Waals surface area contributed by atoms with E-state index < -0.39 is 0 Å². The maximum Gasteiger partial charge on any atom is 0.325 e. The number of ether oxygens (including phenoxy) is 1. The van der Waals surface area contributed by atoms with Crippen molar-refractivity contribution in [2.75, 3.05) is 20.2 Å². The number of nitrogens with zero attached hydrogens (tertiary/aromatic N) is 2. The fourth-order valence-electron chi connectivity index (χ4n) is 4.48. The highest BCUT2D eigenvalue weighted by atomic mass is 35.5. The molecule has 1 aliphatic carbocycles. The van der Waals surface area contributed by atoms with Crippen molar-refractivity contribution in [1.29, 1.82) is 0 Å². The van der Waals surface area contributed by atoms with Crippen LogP contribution in [0.5, 0.6) is 0 Å². The Morgan fingerprint density at radius 3 is 2.88 bits per heavy atom. The van der Waals surface area contributed by atoms with E-state index in [1.54, 1.807) is 0 Å². The van der Waals surface area contributed by atoms with Gasteiger partial charge in [0.05, 0.1) is 6.61 Å². The van der Waals surface area contributed by atoms with E-state index in [2.05, 4.69) is 16.5 Å². The lowest BCUT2D eigenvalue weighted by molar-refractivity contribution is -0.146. The van der Waals surface area contributed by atoms with Crippen molar-refractivity contribution in [2.45, 2.75) is 51.6 Å². The molecule has 2 aromatic rings. The average Bonchev–Trinajstić information content (AvgIpc) is 2.93. The van der Waals surface area contributed by atoms with Crippen LogP contribution in [-0.2, 0) is 29.0 Å². The van der Waals surface area contributed by atoms with E-state index in [1.807, 2.05) is 18.2 Å². The summed E-state index contributed by atoms with van der Waals surface area (Å²) in [5.74, 6) is 0.430. The fourth-order valence-corrected chi connectivity index (χ4v) is 4.65. The highest BCUT2D eigenvalue weighted by molar-refractivity contribution is 6.31. The molecule has 0 atom stereocenters. The molecule has 1 aliphatic heterocycles. The fraction of sp³-hybridized carbons (Fsp3) is 0.571. The van der Waals surface area contributed by atoms with Crippen LogP contribution in [0.25, 0.3) is 10.9 Å². The van der Waals surface area contributed by atoms with E-state index in [0.717, 1.165) is 30.0 Å². The van der Waals surface area contributed by atoms with Crippen LogP contribution in [0.4, 0.5) is 0 Å². The van der Waals surface area contributed by atoms with Crippen molar-refractivity contribution < 1.29 is 9.53 Å². The number of hydrogen-bond donors (Lipinski definition) is 0. The SMILES string of the molecule is CN1CCc2c(c3cc(Cl)ccc3n2CC(=O)OCC2CCCCC2)C1. The first kappa shape index (κ1) is 17.9. The van der Waals surface area contributed by atoms with Crippen molar-refractivity contribution >= 4 is 28.5 Å². The molecular weight excluding hydrogens is 348 g/mol. The molecule has 0 bridgehead atoms. The van der Waals surface area contributed by atoms with E-state index in [1.165, 1.54) is 48.7 Å². The third kappa shape index (κ3) is 3.63. The molecule has 2 heterocycles. The molecule has 0 saturated heterocycles. The van der Waals surface area contributed by atoms with E-state index in [0.29, 0.717) is 19.1 Å². The Hall–Kier alpha value is -1.52. The van der Waals surface area contributed by atoms with Gasteiger partial charge in [-0.15, -0.1) is 0 Å². The Balaban J connectivity index is 1.55. The van der Waals surface area contributed by atoms with Gasteiger partial charge in [0.25, 0.3) is 0 Å². The summed E-state index contributed by atoms with van der Waals surface area (Å²) >= 11 is 6.23. The Kier molecular flexibility index (Phi) is 5.23. The summed E-state index contributed by atoms with van der Waals surface area (Å²) < 4.78 is 7.79. The minimum absolute atomic E-state index is 0.121. The second-order valence-electron chi connectivity index (χ2n) is 7.85. The van der Waals surface area contributed by atoms with Crippen LogP contribution in [-0.4, -0.2) is 35.6 Å². The van der Waals surface area contributed by atoms with Crippen molar-refractivity contribution in [2.24, 2.45) is 5.92 Å². The van der Waals surface area contributed by atoms with Gasteiger partial charge < -0.3 is 14.2 Å². The van der Waals surface area contributed by atoms with Crippen LogP contribution < -0.4 is 0 Å². The Morgan fingerprint density at radius 2 is 2.08 bits per heavy atom. The maximum absolute atomic E-state index is 12.5. The summed E-state index contributed by atoms with van der Waals surface area (Å²) in [6.45, 7) is 2.78. The highest BCUT2D eigenvalue weighted by Crippen LogP contribution is 2.32. The summed E-state index contributed by atoms with van der Waals surface area (Å²) in [6.07, 6.45) is 7.20. The molecule has 1 aromatic heterocycles. The molecule has 1 aromatic carbocycles. The number of aromatic nitrogens is 1. The summed E-state index contributed by atoms with van der Waals surface area (Å²) in [5.41, 5.74) is 3.65. The number of halogens is 1. The monoisotopic (exact) mass is 374 g/mol. The number of carbonyl (C=O) groups is 1. The number of carbonyl (C=O) groups excluding carboxylic acids is 1. The topological polar surface area (TPSA) is 34.5 Å². The Bertz CT molecular complexity index is 808. The van der Waals surface area contributed by atoms with Gasteiger partial charge in [-0.25, -0.2) is 0 Å². The molecule has 4 rings (SSSR count). The van der Waals surface area contributed by atoms with E-state index in [-0.39, 0.29) is 5.97 Å². The third-order valence-electron chi connectivity index (χ3n) is 5.90. The Morgan fingerprint density at radius 1 is 1.27 bits per heavy atom. The van der Waals surface area contributed by atoms with Gasteiger partial charge in [-0.2, -0.15) is 0 Å². The van der Waals surface area contributed by atoms with Crippen LogP contribution in [0, 0.1) is 5.92 Å². The first-order chi connectivity index (χ1) is 12.6. The first-order valence-electron chi connectivity index (χ1n) is 9.75. The molecule has 0 N–H and O–H groups in total. The third-order valence-corrected chi connectivity index (χ3v) is 6.13. The number of fused-ring (bicyclic) bond motifs is 3. The van der Waals surface area contributed by atoms with Gasteiger partial charge in [0, 0.05) is 41.1 Å². The lowest BCUT2D eigenvalue weighted by Gasteiger charge is -2.24. The maximum atomic E-state index is 12.5. The van der Waals surface area contributed by atoms with Crippen LogP contribution in [0.2, 0.25) is 5.02 Å². The summed E-state index contributed by atoms with van der Waals surface area (Å²) in [6, 6.07) is 5.96. The summed E-state index contributed by atoms with van der Waals surface area (Å²) in [7, 11) is 2.13. The predicted molar refractivity (Wildman–Crippen MR) is 105 cm³/mol. The second-order valence-corrected chi connectivity index (χ2v) is 8.28. The van der Waals surface area contributed by atoms with E-state index >= 15 is 0 Å². The van der Waals surface area contributed by atoms with Gasteiger partial charge >= 0.3 is 5.97 Å². The minimum Gasteiger partial charge on any atom is -0.464 e. The Labute approximate surface area is 160 Å². The standard InChI is InChI=1S/C21H27ClN2O2/c1-23-10-9-20-18(12-23)17-11-16(22)7-8-19(17)24(20)13-21(25)26-14-15-5-3-2-4-6-15/h7-8,11,15H,2-6,9-10,12-14H2,1H3. The first-order valence-corrected chi connectivity index (χ1v) is 10.1. The quantitative estimate of drug-likeness (QED) is 0.743. The molecule has 1 saturated carbocycles. The number of hydrogen-bond acceptors (Lipinski definition) is 3. The highest BCUT2D eigenvalue weighted by Gasteiger charge is 2.24. The van der Waals surface area contributed by atoms with Gasteiger partial charge in [-0.05, 0) is 49.6 Å². The molecule has 140 valence electrons. The van der Waals surface area contributed by atoms with Gasteiger partial charge in [0.2, 0.25) is 0 Å². The van der Waals surface area contributed by atoms with Gasteiger partial charge in [-0.3, -0.25) is 4.79 Å². The minimum atomic E-state index is -0.121. The van der Waals surface area contributed by atoms with E-state index in [4.69, 9.17) is 16.3 Å². The number of benzene rings is 1. The molecule has 2 aliphatic rings. The molecule has 26 heavy (non-hydrogen) atoms. The molecule has 0 radical (unpaired) electrons. The summed E-state index contributed by atoms with van der Waals surface area (Å²) in [5, 5.41) is 1.91. The zero-order valence-electron chi connectivity index (χ0n) is 15.5. The normalized spacial score (nSPS) is 18.8. The average molecular weight is 375 g/mol. The molecule has 0 amide bonds. The lowest BCUT2D eigenvalue weighted by atomic mass is 9.90. The molecule has 5 heteroatoms. The summed E-state index contributed by atoms with van der Waals surface area (Å²) in [4.78, 5) is 14.8. The molecule has 1 fully saturated rings. The van der Waals surface area contributed by atoms with Crippen LogP contribution in [0.3, 0.4) is 0 Å². The number of esters is 1. The lowest BCUT2D eigenvalue weighted by Crippen LogP contribution is -2.28. The largest absolute Gasteiger partial charge is 0.464 e.